The number of primary sulfonamides is 1. The second kappa shape index (κ2) is 6.00. The Morgan fingerprint density at radius 3 is 2.76 bits per heavy atom. The number of aromatic carboxylic acids is 1. The highest BCUT2D eigenvalue weighted by molar-refractivity contribution is 7.89. The van der Waals surface area contributed by atoms with E-state index in [2.05, 4.69) is 10.2 Å². The molecular weight excluding hydrogens is 294 g/mol. The Morgan fingerprint density at radius 1 is 1.52 bits per heavy atom. The number of anilines is 1. The molecule has 1 saturated heterocycles. The standard InChI is InChI=1S/C13H19N3O4S/c1-16-6-2-3-9(16)8-15-12-5-4-10(21(14,19)20)7-11(12)13(17)18/h4-5,7,9,15H,2-3,6,8H2,1H3,(H,17,18)(H2,14,19,20). The van der Waals surface area contributed by atoms with E-state index in [0.717, 1.165) is 25.5 Å². The van der Waals surface area contributed by atoms with Gasteiger partial charge in [-0.15, -0.1) is 0 Å². The molecule has 21 heavy (non-hydrogen) atoms. The average Bonchev–Trinajstić information content (AvgIpc) is 2.80. The lowest BCUT2D eigenvalue weighted by Crippen LogP contribution is -2.31. The molecule has 0 amide bonds. The summed E-state index contributed by atoms with van der Waals surface area (Å²) in [5.74, 6) is -1.19. The fraction of sp³-hybridized carbons (Fsp3) is 0.462. The van der Waals surface area contributed by atoms with Crippen molar-refractivity contribution >= 4 is 21.7 Å². The van der Waals surface area contributed by atoms with E-state index in [0.29, 0.717) is 18.3 Å². The minimum atomic E-state index is -3.91. The minimum absolute atomic E-state index is 0.0952. The lowest BCUT2D eigenvalue weighted by atomic mass is 10.1. The number of likely N-dealkylation sites (N-methyl/N-ethyl adjacent to an activating group) is 1. The second-order valence-corrected chi connectivity index (χ2v) is 6.78. The minimum Gasteiger partial charge on any atom is -0.478 e. The molecule has 0 spiro atoms. The van der Waals surface area contributed by atoms with Crippen molar-refractivity contribution in [2.75, 3.05) is 25.5 Å². The zero-order valence-electron chi connectivity index (χ0n) is 11.7. The highest BCUT2D eigenvalue weighted by atomic mass is 32.2. The third-order valence-corrected chi connectivity index (χ3v) is 4.66. The molecule has 1 aromatic rings. The summed E-state index contributed by atoms with van der Waals surface area (Å²) in [4.78, 5) is 13.3. The van der Waals surface area contributed by atoms with Gasteiger partial charge in [-0.25, -0.2) is 18.4 Å². The van der Waals surface area contributed by atoms with Gasteiger partial charge in [-0.3, -0.25) is 0 Å². The topological polar surface area (TPSA) is 113 Å². The van der Waals surface area contributed by atoms with Crippen LogP contribution in [0.2, 0.25) is 0 Å². The first-order chi connectivity index (χ1) is 9.79. The molecule has 1 atom stereocenters. The van der Waals surface area contributed by atoms with Gasteiger partial charge in [-0.05, 0) is 44.6 Å². The van der Waals surface area contributed by atoms with Gasteiger partial charge in [-0.2, -0.15) is 0 Å². The van der Waals surface area contributed by atoms with E-state index in [1.807, 2.05) is 7.05 Å². The average molecular weight is 313 g/mol. The fourth-order valence-electron chi connectivity index (χ4n) is 2.50. The summed E-state index contributed by atoms with van der Waals surface area (Å²) in [6.07, 6.45) is 2.18. The SMILES string of the molecule is CN1CCCC1CNc1ccc(S(N)(=O)=O)cc1C(=O)O. The number of rotatable bonds is 5. The quantitative estimate of drug-likeness (QED) is 0.731. The van der Waals surface area contributed by atoms with Gasteiger partial charge in [0.15, 0.2) is 0 Å². The molecule has 8 heteroatoms. The summed E-state index contributed by atoms with van der Waals surface area (Å²) in [5.41, 5.74) is 0.303. The Hall–Kier alpha value is -1.64. The van der Waals surface area contributed by atoms with Crippen LogP contribution in [0, 0.1) is 0 Å². The number of sulfonamides is 1. The summed E-state index contributed by atoms with van der Waals surface area (Å²) in [6, 6.07) is 4.18. The summed E-state index contributed by atoms with van der Waals surface area (Å²) in [7, 11) is -1.89. The van der Waals surface area contributed by atoms with Gasteiger partial charge < -0.3 is 15.3 Å². The predicted molar refractivity (Wildman–Crippen MR) is 78.9 cm³/mol. The third kappa shape index (κ3) is 3.72. The third-order valence-electron chi connectivity index (χ3n) is 3.75. The van der Waals surface area contributed by atoms with Crippen LogP contribution in [0.15, 0.2) is 23.1 Å². The van der Waals surface area contributed by atoms with E-state index < -0.39 is 16.0 Å². The molecule has 4 N–H and O–H groups in total. The molecule has 1 aliphatic rings. The Balaban J connectivity index is 2.21. The van der Waals surface area contributed by atoms with Crippen LogP contribution in [0.25, 0.3) is 0 Å². The number of hydrogen-bond donors (Lipinski definition) is 3. The van der Waals surface area contributed by atoms with Gasteiger partial charge >= 0.3 is 5.97 Å². The van der Waals surface area contributed by atoms with Crippen molar-refractivity contribution in [3.05, 3.63) is 23.8 Å². The smallest absolute Gasteiger partial charge is 0.337 e. The Labute approximate surface area is 123 Å². The van der Waals surface area contributed by atoms with Crippen LogP contribution in [0.1, 0.15) is 23.2 Å². The van der Waals surface area contributed by atoms with Crippen molar-refractivity contribution in [1.82, 2.24) is 4.90 Å². The number of carbonyl (C=O) groups is 1. The van der Waals surface area contributed by atoms with Gasteiger partial charge in [0.1, 0.15) is 0 Å². The molecule has 1 aliphatic heterocycles. The summed E-state index contributed by atoms with van der Waals surface area (Å²) < 4.78 is 22.6. The number of nitrogens with two attached hydrogens (primary N) is 1. The van der Waals surface area contributed by atoms with Gasteiger partial charge in [0.25, 0.3) is 0 Å². The maximum Gasteiger partial charge on any atom is 0.337 e. The van der Waals surface area contributed by atoms with Crippen LogP contribution in [-0.4, -0.2) is 50.6 Å². The Kier molecular flexibility index (Phi) is 4.50. The molecule has 1 heterocycles. The van der Waals surface area contributed by atoms with Crippen molar-refractivity contribution in [2.45, 2.75) is 23.8 Å². The largest absolute Gasteiger partial charge is 0.478 e. The number of carboxylic acid groups (broad SMARTS) is 1. The first-order valence-electron chi connectivity index (χ1n) is 6.63. The Morgan fingerprint density at radius 2 is 2.24 bits per heavy atom. The number of benzene rings is 1. The van der Waals surface area contributed by atoms with Crippen LogP contribution in [0.4, 0.5) is 5.69 Å². The second-order valence-electron chi connectivity index (χ2n) is 5.22. The van der Waals surface area contributed by atoms with E-state index in [4.69, 9.17) is 5.14 Å². The maximum absolute atomic E-state index is 11.3. The lowest BCUT2D eigenvalue weighted by Gasteiger charge is -2.21. The van der Waals surface area contributed by atoms with E-state index in [9.17, 15) is 18.3 Å². The summed E-state index contributed by atoms with van der Waals surface area (Å²) in [6.45, 7) is 1.65. The van der Waals surface area contributed by atoms with E-state index >= 15 is 0 Å². The molecule has 2 rings (SSSR count). The molecule has 0 saturated carbocycles. The lowest BCUT2D eigenvalue weighted by molar-refractivity contribution is 0.0697. The molecule has 7 nitrogen and oxygen atoms in total. The van der Waals surface area contributed by atoms with Crippen molar-refractivity contribution in [2.24, 2.45) is 5.14 Å². The van der Waals surface area contributed by atoms with Crippen molar-refractivity contribution in [1.29, 1.82) is 0 Å². The highest BCUT2D eigenvalue weighted by Crippen LogP contribution is 2.22. The predicted octanol–water partition coefficient (Wildman–Crippen LogP) is 0.538. The van der Waals surface area contributed by atoms with E-state index in [1.54, 1.807) is 0 Å². The number of hydrogen-bond acceptors (Lipinski definition) is 5. The molecule has 0 aliphatic carbocycles. The van der Waals surface area contributed by atoms with Crippen LogP contribution in [-0.2, 0) is 10.0 Å². The molecule has 0 radical (unpaired) electrons. The maximum atomic E-state index is 11.3. The molecule has 0 bridgehead atoms. The highest BCUT2D eigenvalue weighted by Gasteiger charge is 2.22. The molecule has 1 unspecified atom stereocenters. The number of nitrogens with one attached hydrogen (secondary N) is 1. The van der Waals surface area contributed by atoms with Crippen molar-refractivity contribution in [3.63, 3.8) is 0 Å². The number of nitrogens with zero attached hydrogens (tertiary/aromatic N) is 1. The van der Waals surface area contributed by atoms with Crippen LogP contribution >= 0.6 is 0 Å². The van der Waals surface area contributed by atoms with Crippen LogP contribution in [0.5, 0.6) is 0 Å². The monoisotopic (exact) mass is 313 g/mol. The first-order valence-corrected chi connectivity index (χ1v) is 8.18. The number of carboxylic acids is 1. The first kappa shape index (κ1) is 15.7. The molecule has 116 valence electrons. The van der Waals surface area contributed by atoms with Gasteiger partial charge in [0.2, 0.25) is 10.0 Å². The van der Waals surface area contributed by atoms with E-state index in [1.165, 1.54) is 12.1 Å². The molecule has 1 fully saturated rings. The zero-order valence-corrected chi connectivity index (χ0v) is 12.6. The van der Waals surface area contributed by atoms with Gasteiger partial charge in [0, 0.05) is 18.3 Å². The van der Waals surface area contributed by atoms with Crippen molar-refractivity contribution in [3.8, 4) is 0 Å². The van der Waals surface area contributed by atoms with Gasteiger partial charge in [0.05, 0.1) is 10.5 Å². The molecular formula is C13H19N3O4S. The Bertz CT molecular complexity index is 645. The van der Waals surface area contributed by atoms with Crippen molar-refractivity contribution < 1.29 is 18.3 Å². The summed E-state index contributed by atoms with van der Waals surface area (Å²) >= 11 is 0. The zero-order chi connectivity index (χ0) is 15.6. The van der Waals surface area contributed by atoms with Crippen LogP contribution < -0.4 is 10.5 Å². The fourth-order valence-corrected chi connectivity index (χ4v) is 3.04. The molecule has 0 aromatic heterocycles. The van der Waals surface area contributed by atoms with E-state index in [-0.39, 0.29) is 10.5 Å². The normalized spacial score (nSPS) is 19.6. The van der Waals surface area contributed by atoms with Gasteiger partial charge in [-0.1, -0.05) is 0 Å². The summed E-state index contributed by atoms with van der Waals surface area (Å²) in [5, 5.41) is 17.3. The number of likely N-dealkylation sites (tertiary alicyclic amines) is 1. The molecule has 1 aromatic carbocycles. The van der Waals surface area contributed by atoms with Crippen LogP contribution in [0.3, 0.4) is 0 Å².